The van der Waals surface area contributed by atoms with E-state index in [-0.39, 0.29) is 24.8 Å². The predicted octanol–water partition coefficient (Wildman–Crippen LogP) is 0.970. The first kappa shape index (κ1) is 17.9. The molecule has 2 fully saturated rings. The Morgan fingerprint density at radius 3 is 2.80 bits per heavy atom. The molecule has 138 valence electrons. The lowest BCUT2D eigenvalue weighted by atomic mass is 9.70. The quantitative estimate of drug-likeness (QED) is 0.735. The van der Waals surface area contributed by atoms with Gasteiger partial charge in [-0.15, -0.1) is 0 Å². The molecule has 1 amide bonds. The number of aromatic amines is 1. The standard InChI is InChI=1S/C16H20F3N3O3/c17-16(18,19)12-3-2-10(13(24)21-12)14(25)22-7-4-11-15(8-22,9-23)5-1-6-20-11/h2-3,11,20,23H,1,4-9H2,(H,21,24)/t11-,15-/m0/s1. The molecule has 2 aliphatic rings. The zero-order chi connectivity index (χ0) is 18.2. The van der Waals surface area contributed by atoms with Crippen LogP contribution in [0.4, 0.5) is 13.2 Å². The number of likely N-dealkylation sites (tertiary alicyclic amines) is 1. The summed E-state index contributed by atoms with van der Waals surface area (Å²) in [7, 11) is 0. The van der Waals surface area contributed by atoms with Gasteiger partial charge in [0.1, 0.15) is 11.3 Å². The van der Waals surface area contributed by atoms with Gasteiger partial charge in [0.2, 0.25) is 0 Å². The molecule has 0 spiro atoms. The highest BCUT2D eigenvalue weighted by molar-refractivity contribution is 5.94. The van der Waals surface area contributed by atoms with Crippen LogP contribution in [0, 0.1) is 5.41 Å². The third-order valence-electron chi connectivity index (χ3n) is 5.22. The van der Waals surface area contributed by atoms with E-state index in [2.05, 4.69) is 5.32 Å². The van der Waals surface area contributed by atoms with Crippen molar-refractivity contribution in [3.63, 3.8) is 0 Å². The molecular weight excluding hydrogens is 339 g/mol. The number of nitrogens with one attached hydrogen (secondary N) is 2. The minimum Gasteiger partial charge on any atom is -0.396 e. The topological polar surface area (TPSA) is 85.4 Å². The summed E-state index contributed by atoms with van der Waals surface area (Å²) in [5.41, 5.74) is -3.02. The van der Waals surface area contributed by atoms with E-state index in [4.69, 9.17) is 0 Å². The van der Waals surface area contributed by atoms with E-state index in [9.17, 15) is 27.9 Å². The lowest BCUT2D eigenvalue weighted by Gasteiger charge is -2.50. The zero-order valence-electron chi connectivity index (χ0n) is 13.5. The van der Waals surface area contributed by atoms with Gasteiger partial charge in [-0.1, -0.05) is 0 Å². The summed E-state index contributed by atoms with van der Waals surface area (Å²) in [6.45, 7) is 1.44. The fourth-order valence-corrected chi connectivity index (χ4v) is 3.84. The fourth-order valence-electron chi connectivity index (χ4n) is 3.84. The largest absolute Gasteiger partial charge is 0.431 e. The number of aliphatic hydroxyl groups is 1. The van der Waals surface area contributed by atoms with Gasteiger partial charge in [-0.2, -0.15) is 13.2 Å². The third kappa shape index (κ3) is 3.30. The van der Waals surface area contributed by atoms with Crippen LogP contribution in [0.5, 0.6) is 0 Å². The van der Waals surface area contributed by atoms with Gasteiger partial charge in [-0.3, -0.25) is 9.59 Å². The minimum absolute atomic E-state index is 0.0855. The highest BCUT2D eigenvalue weighted by Gasteiger charge is 2.45. The van der Waals surface area contributed by atoms with E-state index in [0.29, 0.717) is 19.0 Å². The van der Waals surface area contributed by atoms with E-state index < -0.39 is 28.8 Å². The molecule has 1 aromatic heterocycles. The monoisotopic (exact) mass is 359 g/mol. The molecule has 0 radical (unpaired) electrons. The van der Waals surface area contributed by atoms with Gasteiger partial charge in [-0.25, -0.2) is 0 Å². The van der Waals surface area contributed by atoms with E-state index >= 15 is 0 Å². The molecule has 2 atom stereocenters. The predicted molar refractivity (Wildman–Crippen MR) is 83.1 cm³/mol. The van der Waals surface area contributed by atoms with Crippen LogP contribution < -0.4 is 10.9 Å². The van der Waals surface area contributed by atoms with E-state index in [1.54, 1.807) is 4.98 Å². The summed E-state index contributed by atoms with van der Waals surface area (Å²) in [5, 5.41) is 13.2. The van der Waals surface area contributed by atoms with Gasteiger partial charge in [0.05, 0.1) is 6.61 Å². The van der Waals surface area contributed by atoms with Crippen molar-refractivity contribution in [3.8, 4) is 0 Å². The molecule has 9 heteroatoms. The zero-order valence-corrected chi connectivity index (χ0v) is 13.5. The molecule has 25 heavy (non-hydrogen) atoms. The van der Waals surface area contributed by atoms with Gasteiger partial charge in [0.25, 0.3) is 11.5 Å². The van der Waals surface area contributed by atoms with Crippen molar-refractivity contribution >= 4 is 5.91 Å². The number of hydrogen-bond donors (Lipinski definition) is 3. The van der Waals surface area contributed by atoms with Crippen molar-refractivity contribution in [2.24, 2.45) is 5.41 Å². The molecule has 3 N–H and O–H groups in total. The van der Waals surface area contributed by atoms with Crippen molar-refractivity contribution < 1.29 is 23.1 Å². The number of piperidine rings is 2. The molecule has 0 aliphatic carbocycles. The first-order chi connectivity index (χ1) is 11.8. The van der Waals surface area contributed by atoms with Gasteiger partial charge in [-0.05, 0) is 37.9 Å². The number of halogens is 3. The number of nitrogens with zero attached hydrogens (tertiary/aromatic N) is 1. The molecule has 2 saturated heterocycles. The van der Waals surface area contributed by atoms with E-state index in [0.717, 1.165) is 25.5 Å². The van der Waals surface area contributed by atoms with Gasteiger partial charge < -0.3 is 20.3 Å². The van der Waals surface area contributed by atoms with Crippen LogP contribution in [0.1, 0.15) is 35.3 Å². The first-order valence-corrected chi connectivity index (χ1v) is 8.21. The van der Waals surface area contributed by atoms with Gasteiger partial charge in [0, 0.05) is 24.5 Å². The lowest BCUT2D eigenvalue weighted by Crippen LogP contribution is -2.62. The highest BCUT2D eigenvalue weighted by Crippen LogP contribution is 2.37. The minimum atomic E-state index is -4.67. The number of amides is 1. The number of aliphatic hydroxyl groups excluding tert-OH is 1. The summed E-state index contributed by atoms with van der Waals surface area (Å²) in [6.07, 6.45) is -2.41. The molecule has 2 aliphatic heterocycles. The SMILES string of the molecule is O=C(c1ccc(C(F)(F)F)[nH]c1=O)N1CC[C@@H]2NCCC[C@@]2(CO)C1. The molecule has 6 nitrogen and oxygen atoms in total. The average molecular weight is 359 g/mol. The number of carbonyl (C=O) groups is 1. The third-order valence-corrected chi connectivity index (χ3v) is 5.22. The maximum absolute atomic E-state index is 12.6. The van der Waals surface area contributed by atoms with Crippen molar-refractivity contribution in [1.82, 2.24) is 15.2 Å². The Kier molecular flexibility index (Phi) is 4.63. The summed E-state index contributed by atoms with van der Waals surface area (Å²) in [4.78, 5) is 27.8. The summed E-state index contributed by atoms with van der Waals surface area (Å²) in [6, 6.07) is 1.72. The van der Waals surface area contributed by atoms with Gasteiger partial charge in [0.15, 0.2) is 0 Å². The second-order valence-corrected chi connectivity index (χ2v) is 6.76. The number of hydrogen-bond acceptors (Lipinski definition) is 4. The van der Waals surface area contributed by atoms with Crippen molar-refractivity contribution in [1.29, 1.82) is 0 Å². The Morgan fingerprint density at radius 2 is 2.16 bits per heavy atom. The number of alkyl halides is 3. The molecule has 3 heterocycles. The van der Waals surface area contributed by atoms with Crippen molar-refractivity contribution in [3.05, 3.63) is 33.7 Å². The normalized spacial score (nSPS) is 27.0. The smallest absolute Gasteiger partial charge is 0.396 e. The van der Waals surface area contributed by atoms with Crippen LogP contribution in [0.3, 0.4) is 0 Å². The van der Waals surface area contributed by atoms with Crippen LogP contribution in [0.25, 0.3) is 0 Å². The maximum atomic E-state index is 12.6. The van der Waals surface area contributed by atoms with Crippen molar-refractivity contribution in [2.75, 3.05) is 26.2 Å². The average Bonchev–Trinajstić information content (AvgIpc) is 2.59. The maximum Gasteiger partial charge on any atom is 0.431 e. The van der Waals surface area contributed by atoms with Crippen LogP contribution in [0.15, 0.2) is 16.9 Å². The Balaban J connectivity index is 1.83. The molecule has 3 rings (SSSR count). The van der Waals surface area contributed by atoms with E-state index in [1.807, 2.05) is 0 Å². The van der Waals surface area contributed by atoms with Crippen LogP contribution >= 0.6 is 0 Å². The summed E-state index contributed by atoms with van der Waals surface area (Å²) < 4.78 is 37.9. The lowest BCUT2D eigenvalue weighted by molar-refractivity contribution is -0.141. The second-order valence-electron chi connectivity index (χ2n) is 6.76. The van der Waals surface area contributed by atoms with Crippen LogP contribution in [-0.2, 0) is 6.18 Å². The molecule has 0 aromatic carbocycles. The molecule has 0 saturated carbocycles. The van der Waals surface area contributed by atoms with Crippen molar-refractivity contribution in [2.45, 2.75) is 31.5 Å². The van der Waals surface area contributed by atoms with Gasteiger partial charge >= 0.3 is 6.18 Å². The Morgan fingerprint density at radius 1 is 1.40 bits per heavy atom. The van der Waals surface area contributed by atoms with Crippen LogP contribution in [0.2, 0.25) is 0 Å². The summed E-state index contributed by atoms with van der Waals surface area (Å²) >= 11 is 0. The second kappa shape index (κ2) is 6.45. The molecule has 1 aromatic rings. The fraction of sp³-hybridized carbons (Fsp3) is 0.625. The summed E-state index contributed by atoms with van der Waals surface area (Å²) in [5.74, 6) is -0.605. The molecular formula is C16H20F3N3O3. The Hall–Kier alpha value is -1.87. The molecule has 0 bridgehead atoms. The number of rotatable bonds is 2. The number of H-pyrrole nitrogens is 1. The Bertz CT molecular complexity index is 719. The number of pyridine rings is 1. The highest BCUT2D eigenvalue weighted by atomic mass is 19.4. The first-order valence-electron chi connectivity index (χ1n) is 8.21. The number of carbonyl (C=O) groups excluding carboxylic acids is 1. The van der Waals surface area contributed by atoms with E-state index in [1.165, 1.54) is 4.90 Å². The number of aromatic nitrogens is 1. The van der Waals surface area contributed by atoms with Crippen LogP contribution in [-0.4, -0.2) is 53.2 Å². The Labute approximate surface area is 142 Å². The number of fused-ring (bicyclic) bond motifs is 1. The molecule has 0 unspecified atom stereocenters.